The van der Waals surface area contributed by atoms with Crippen molar-refractivity contribution in [2.24, 2.45) is 0 Å². The number of likely N-dealkylation sites (N-methyl/N-ethyl adjacent to an activating group) is 1. The maximum atomic E-state index is 12.8. The van der Waals surface area contributed by atoms with E-state index in [0.717, 1.165) is 25.2 Å². The number of piperidine rings is 1. The molecule has 2 N–H and O–H groups in total. The molecular weight excluding hydrogens is 221 g/mol. The molecule has 0 radical (unpaired) electrons. The first kappa shape index (κ1) is 12.3. The fourth-order valence-corrected chi connectivity index (χ4v) is 2.34. The van der Waals surface area contributed by atoms with Crippen molar-refractivity contribution in [3.8, 4) is 0 Å². The Morgan fingerprint density at radius 1 is 1.59 bits per heavy atom. The normalized spacial score (nSPS) is 25.0. The summed E-state index contributed by atoms with van der Waals surface area (Å²) in [5.41, 5.74) is -0.719. The van der Waals surface area contributed by atoms with Crippen LogP contribution in [0.1, 0.15) is 12.8 Å². The maximum Gasteiger partial charge on any atom is 0.141 e. The third kappa shape index (κ3) is 2.92. The number of nitrogens with zero attached hydrogens (tertiary/aromatic N) is 2. The molecule has 0 bridgehead atoms. The lowest BCUT2D eigenvalue weighted by Gasteiger charge is -2.39. The Labute approximate surface area is 100 Å². The van der Waals surface area contributed by atoms with E-state index >= 15 is 0 Å². The second-order valence-electron chi connectivity index (χ2n) is 4.61. The van der Waals surface area contributed by atoms with Crippen LogP contribution >= 0.6 is 0 Å². The van der Waals surface area contributed by atoms with Crippen LogP contribution in [0.3, 0.4) is 0 Å². The summed E-state index contributed by atoms with van der Waals surface area (Å²) in [6, 6.07) is 3.05. The van der Waals surface area contributed by atoms with Crippen LogP contribution in [0, 0.1) is 5.82 Å². The van der Waals surface area contributed by atoms with Crippen LogP contribution in [0.5, 0.6) is 0 Å². The van der Waals surface area contributed by atoms with Crippen molar-refractivity contribution in [2.45, 2.75) is 18.4 Å². The van der Waals surface area contributed by atoms with E-state index in [1.807, 2.05) is 11.9 Å². The van der Waals surface area contributed by atoms with Crippen molar-refractivity contribution in [3.63, 3.8) is 0 Å². The lowest BCUT2D eigenvalue weighted by atomic mass is 9.93. The first-order valence-electron chi connectivity index (χ1n) is 5.86. The number of nitrogens with one attached hydrogen (secondary N) is 1. The Balaban J connectivity index is 2.09. The van der Waals surface area contributed by atoms with Crippen LogP contribution in [0.25, 0.3) is 0 Å². The average molecular weight is 239 g/mol. The highest BCUT2D eigenvalue weighted by molar-refractivity contribution is 5.39. The number of β-amino-alcohol motifs (C(OH)–C–C–N with tert-alkyl or cyclic N) is 1. The van der Waals surface area contributed by atoms with Gasteiger partial charge in [-0.15, -0.1) is 0 Å². The fourth-order valence-electron chi connectivity index (χ4n) is 2.34. The van der Waals surface area contributed by atoms with E-state index in [1.54, 1.807) is 6.07 Å². The van der Waals surface area contributed by atoms with Crippen molar-refractivity contribution in [3.05, 3.63) is 24.1 Å². The number of hydrogen-bond acceptors (Lipinski definition) is 4. The highest BCUT2D eigenvalue weighted by atomic mass is 19.1. The van der Waals surface area contributed by atoms with Crippen molar-refractivity contribution in [1.29, 1.82) is 0 Å². The Hall–Kier alpha value is -1.20. The topological polar surface area (TPSA) is 48.4 Å². The molecular formula is C12H18FN3O. The molecule has 1 aliphatic rings. The SMILES string of the molecule is CNC[C@@]1(O)CCCN(c2ccc(F)cn2)C1. The standard InChI is InChI=1S/C12H18FN3O/c1-14-8-12(17)5-2-6-16(9-12)11-4-3-10(13)7-15-11/h3-4,7,14,17H,2,5-6,8-9H2,1H3/t12-/m0/s1. The van der Waals surface area contributed by atoms with E-state index in [1.165, 1.54) is 12.3 Å². The quantitative estimate of drug-likeness (QED) is 0.818. The van der Waals surface area contributed by atoms with Gasteiger partial charge in [-0.1, -0.05) is 0 Å². The third-order valence-corrected chi connectivity index (χ3v) is 3.10. The highest BCUT2D eigenvalue weighted by Crippen LogP contribution is 2.24. The summed E-state index contributed by atoms with van der Waals surface area (Å²) >= 11 is 0. The number of hydrogen-bond donors (Lipinski definition) is 2. The van der Waals surface area contributed by atoms with Gasteiger partial charge in [0.05, 0.1) is 11.8 Å². The second-order valence-corrected chi connectivity index (χ2v) is 4.61. The van der Waals surface area contributed by atoms with Gasteiger partial charge in [-0.2, -0.15) is 0 Å². The minimum atomic E-state index is -0.719. The van der Waals surface area contributed by atoms with E-state index in [4.69, 9.17) is 0 Å². The van der Waals surface area contributed by atoms with Gasteiger partial charge >= 0.3 is 0 Å². The number of aliphatic hydroxyl groups is 1. The molecule has 5 heteroatoms. The molecule has 94 valence electrons. The zero-order chi connectivity index (χ0) is 12.3. The minimum absolute atomic E-state index is 0.337. The first-order valence-corrected chi connectivity index (χ1v) is 5.86. The zero-order valence-corrected chi connectivity index (χ0v) is 9.99. The predicted molar refractivity (Wildman–Crippen MR) is 64.5 cm³/mol. The number of rotatable bonds is 3. The van der Waals surface area contributed by atoms with Gasteiger partial charge in [0.15, 0.2) is 0 Å². The number of anilines is 1. The summed E-state index contributed by atoms with van der Waals surface area (Å²) in [5, 5.41) is 13.4. The lowest BCUT2D eigenvalue weighted by Crippen LogP contribution is -2.53. The van der Waals surface area contributed by atoms with Gasteiger partial charge in [0.1, 0.15) is 11.6 Å². The van der Waals surface area contributed by atoms with Gasteiger partial charge in [0.2, 0.25) is 0 Å². The smallest absolute Gasteiger partial charge is 0.141 e. The highest BCUT2D eigenvalue weighted by Gasteiger charge is 2.32. The van der Waals surface area contributed by atoms with Crippen LogP contribution in [0.4, 0.5) is 10.2 Å². The summed E-state index contributed by atoms with van der Waals surface area (Å²) in [6.45, 7) is 1.95. The molecule has 0 aromatic carbocycles. The van der Waals surface area contributed by atoms with Crippen molar-refractivity contribution in [1.82, 2.24) is 10.3 Å². The van der Waals surface area contributed by atoms with E-state index in [2.05, 4.69) is 10.3 Å². The Bertz CT molecular complexity index is 367. The molecule has 2 heterocycles. The minimum Gasteiger partial charge on any atom is -0.387 e. The molecule has 17 heavy (non-hydrogen) atoms. The summed E-state index contributed by atoms with van der Waals surface area (Å²) in [5.74, 6) is 0.386. The molecule has 0 amide bonds. The van der Waals surface area contributed by atoms with Crippen LogP contribution in [0.15, 0.2) is 18.3 Å². The predicted octanol–water partition coefficient (Wildman–Crippen LogP) is 0.771. The van der Waals surface area contributed by atoms with Crippen LogP contribution in [-0.4, -0.2) is 42.4 Å². The molecule has 1 aliphatic heterocycles. The van der Waals surface area contributed by atoms with Crippen LogP contribution in [-0.2, 0) is 0 Å². The van der Waals surface area contributed by atoms with Gasteiger partial charge in [0.25, 0.3) is 0 Å². The zero-order valence-electron chi connectivity index (χ0n) is 9.99. The second kappa shape index (κ2) is 4.98. The molecule has 2 rings (SSSR count). The molecule has 4 nitrogen and oxygen atoms in total. The van der Waals surface area contributed by atoms with Crippen LogP contribution in [0.2, 0.25) is 0 Å². The molecule has 0 saturated carbocycles. The Kier molecular flexibility index (Phi) is 3.59. The fraction of sp³-hybridized carbons (Fsp3) is 0.583. The van der Waals surface area contributed by atoms with Gasteiger partial charge in [-0.25, -0.2) is 9.37 Å². The van der Waals surface area contributed by atoms with E-state index in [-0.39, 0.29) is 5.82 Å². The number of aromatic nitrogens is 1. The van der Waals surface area contributed by atoms with Gasteiger partial charge in [-0.05, 0) is 32.0 Å². The molecule has 1 aromatic heterocycles. The van der Waals surface area contributed by atoms with Gasteiger partial charge in [0, 0.05) is 19.6 Å². The van der Waals surface area contributed by atoms with Crippen LogP contribution < -0.4 is 10.2 Å². The lowest BCUT2D eigenvalue weighted by molar-refractivity contribution is 0.0279. The maximum absolute atomic E-state index is 12.8. The largest absolute Gasteiger partial charge is 0.387 e. The summed E-state index contributed by atoms with van der Waals surface area (Å²) in [6.07, 6.45) is 2.91. The van der Waals surface area contributed by atoms with E-state index in [9.17, 15) is 9.50 Å². The van der Waals surface area contributed by atoms with E-state index in [0.29, 0.717) is 13.1 Å². The first-order chi connectivity index (χ1) is 8.13. The molecule has 1 saturated heterocycles. The van der Waals surface area contributed by atoms with Crippen molar-refractivity contribution < 1.29 is 9.50 Å². The summed E-state index contributed by atoms with van der Waals surface area (Å²) < 4.78 is 12.8. The molecule has 0 spiro atoms. The summed E-state index contributed by atoms with van der Waals surface area (Å²) in [4.78, 5) is 6.05. The molecule has 1 aromatic rings. The summed E-state index contributed by atoms with van der Waals surface area (Å²) in [7, 11) is 1.83. The number of pyridine rings is 1. The Morgan fingerprint density at radius 2 is 2.41 bits per heavy atom. The third-order valence-electron chi connectivity index (χ3n) is 3.10. The van der Waals surface area contributed by atoms with E-state index < -0.39 is 5.60 Å². The van der Waals surface area contributed by atoms with Gasteiger partial charge in [-0.3, -0.25) is 0 Å². The molecule has 0 unspecified atom stereocenters. The number of halogens is 1. The molecule has 0 aliphatic carbocycles. The molecule has 1 atom stereocenters. The average Bonchev–Trinajstić information content (AvgIpc) is 2.30. The molecule has 1 fully saturated rings. The Morgan fingerprint density at radius 3 is 3.06 bits per heavy atom. The monoisotopic (exact) mass is 239 g/mol. The van der Waals surface area contributed by atoms with Gasteiger partial charge < -0.3 is 15.3 Å². The van der Waals surface area contributed by atoms with Crippen molar-refractivity contribution in [2.75, 3.05) is 31.6 Å². The van der Waals surface area contributed by atoms with Crippen molar-refractivity contribution >= 4 is 5.82 Å².